The molecule has 0 spiro atoms. The van der Waals surface area contributed by atoms with E-state index in [1.165, 1.54) is 0 Å². The van der Waals surface area contributed by atoms with Gasteiger partial charge >= 0.3 is 0 Å². The molecule has 10 heavy (non-hydrogen) atoms. The number of aliphatic hydroxyl groups excluding tert-OH is 2. The normalized spacial score (nSPS) is 17.4. The predicted octanol–water partition coefficient (Wildman–Crippen LogP) is -0.316. The van der Waals surface area contributed by atoms with Crippen LogP contribution < -0.4 is 0 Å². The molecule has 0 amide bonds. The van der Waals surface area contributed by atoms with Crippen LogP contribution in [0, 0.1) is 0 Å². The van der Waals surface area contributed by atoms with Crippen molar-refractivity contribution in [2.24, 2.45) is 0 Å². The highest BCUT2D eigenvalue weighted by Crippen LogP contribution is 2.04. The molecule has 0 radical (unpaired) electrons. The first-order chi connectivity index (χ1) is 4.86. The van der Waals surface area contributed by atoms with Crippen molar-refractivity contribution in [1.29, 1.82) is 0 Å². The summed E-state index contributed by atoms with van der Waals surface area (Å²) in [5, 5.41) is 17.4. The molecule has 0 saturated carbocycles. The number of rotatable bonds is 2. The molecule has 0 aromatic rings. The molecule has 1 rings (SSSR count). The van der Waals surface area contributed by atoms with E-state index in [-0.39, 0.29) is 13.3 Å². The van der Waals surface area contributed by atoms with Crippen LogP contribution >= 0.6 is 0 Å². The van der Waals surface area contributed by atoms with E-state index in [4.69, 9.17) is 10.2 Å². The van der Waals surface area contributed by atoms with Crippen molar-refractivity contribution in [2.45, 2.75) is 0 Å². The first-order valence-corrected chi connectivity index (χ1v) is 3.19. The fraction of sp³-hybridized carbons (Fsp3) is 0.429. The van der Waals surface area contributed by atoms with E-state index < -0.39 is 0 Å². The molecule has 2 N–H and O–H groups in total. The van der Waals surface area contributed by atoms with Crippen LogP contribution in [0.3, 0.4) is 0 Å². The second-order valence-electron chi connectivity index (χ2n) is 2.21. The van der Waals surface area contributed by atoms with Crippen molar-refractivity contribution in [1.82, 2.24) is 4.90 Å². The Morgan fingerprint density at radius 2 is 2.30 bits per heavy atom. The van der Waals surface area contributed by atoms with Crippen LogP contribution in [0.4, 0.5) is 0 Å². The van der Waals surface area contributed by atoms with Gasteiger partial charge in [-0.25, -0.2) is 0 Å². The van der Waals surface area contributed by atoms with Crippen LogP contribution in [0.15, 0.2) is 23.9 Å². The lowest BCUT2D eigenvalue weighted by Gasteiger charge is -2.20. The third-order valence-corrected chi connectivity index (χ3v) is 1.42. The fourth-order valence-electron chi connectivity index (χ4n) is 0.867. The van der Waals surface area contributed by atoms with E-state index in [0.29, 0.717) is 6.54 Å². The van der Waals surface area contributed by atoms with Gasteiger partial charge in [-0.2, -0.15) is 0 Å². The summed E-state index contributed by atoms with van der Waals surface area (Å²) in [6.07, 6.45) is 5.45. The van der Waals surface area contributed by atoms with Gasteiger partial charge in [-0.3, -0.25) is 0 Å². The average molecular weight is 141 g/mol. The van der Waals surface area contributed by atoms with Crippen LogP contribution in [0.1, 0.15) is 0 Å². The fourth-order valence-corrected chi connectivity index (χ4v) is 0.867. The molecule has 0 saturated heterocycles. The molecule has 1 aliphatic rings. The monoisotopic (exact) mass is 141 g/mol. The summed E-state index contributed by atoms with van der Waals surface area (Å²) in [7, 11) is 0. The number of aliphatic hydroxyl groups is 2. The summed E-state index contributed by atoms with van der Waals surface area (Å²) < 4.78 is 0. The summed E-state index contributed by atoms with van der Waals surface area (Å²) in [5.41, 5.74) is 0.927. The highest BCUT2D eigenvalue weighted by atomic mass is 16.3. The van der Waals surface area contributed by atoms with E-state index in [9.17, 15) is 0 Å². The van der Waals surface area contributed by atoms with E-state index in [1.807, 2.05) is 12.2 Å². The second kappa shape index (κ2) is 3.39. The topological polar surface area (TPSA) is 43.7 Å². The van der Waals surface area contributed by atoms with Gasteiger partial charge in [0, 0.05) is 12.7 Å². The van der Waals surface area contributed by atoms with Gasteiger partial charge in [0.1, 0.15) is 6.73 Å². The van der Waals surface area contributed by atoms with Crippen molar-refractivity contribution in [3.63, 3.8) is 0 Å². The molecule has 3 heteroatoms. The standard InChI is InChI=1S/C7H11NO2/c9-5-7-2-1-3-8(4-7)6-10/h1-3,9-10H,4-6H2. The Kier molecular flexibility index (Phi) is 2.48. The molecule has 0 aromatic heterocycles. The first-order valence-electron chi connectivity index (χ1n) is 3.19. The van der Waals surface area contributed by atoms with Crippen LogP contribution in [0.25, 0.3) is 0 Å². The van der Waals surface area contributed by atoms with Crippen molar-refractivity contribution in [2.75, 3.05) is 19.9 Å². The number of hydrogen-bond acceptors (Lipinski definition) is 3. The number of allylic oxidation sites excluding steroid dienone is 2. The molecule has 1 aliphatic heterocycles. The van der Waals surface area contributed by atoms with Gasteiger partial charge < -0.3 is 15.1 Å². The minimum Gasteiger partial charge on any atom is -0.392 e. The molecule has 0 bridgehead atoms. The van der Waals surface area contributed by atoms with Crippen LogP contribution in [0.5, 0.6) is 0 Å². The lowest BCUT2D eigenvalue weighted by atomic mass is 10.2. The van der Waals surface area contributed by atoms with E-state index >= 15 is 0 Å². The lowest BCUT2D eigenvalue weighted by Crippen LogP contribution is -2.23. The Bertz CT molecular complexity index is 163. The maximum atomic E-state index is 8.69. The largest absolute Gasteiger partial charge is 0.392 e. The van der Waals surface area contributed by atoms with Crippen molar-refractivity contribution in [3.05, 3.63) is 23.9 Å². The Hall–Kier alpha value is -0.800. The zero-order valence-electron chi connectivity index (χ0n) is 5.70. The van der Waals surface area contributed by atoms with Crippen LogP contribution in [-0.4, -0.2) is 35.0 Å². The molecule has 3 nitrogen and oxygen atoms in total. The highest BCUT2D eigenvalue weighted by molar-refractivity contribution is 5.18. The predicted molar refractivity (Wildman–Crippen MR) is 38.1 cm³/mol. The molecule has 1 heterocycles. The molecule has 0 aromatic carbocycles. The Morgan fingerprint density at radius 3 is 2.90 bits per heavy atom. The van der Waals surface area contributed by atoms with Crippen LogP contribution in [0.2, 0.25) is 0 Å². The van der Waals surface area contributed by atoms with Gasteiger partial charge in [0.05, 0.1) is 6.61 Å². The van der Waals surface area contributed by atoms with Crippen LogP contribution in [-0.2, 0) is 0 Å². The van der Waals surface area contributed by atoms with Crippen molar-refractivity contribution in [3.8, 4) is 0 Å². The van der Waals surface area contributed by atoms with Crippen molar-refractivity contribution < 1.29 is 10.2 Å². The molecule has 0 aliphatic carbocycles. The smallest absolute Gasteiger partial charge is 0.115 e. The Balaban J connectivity index is 2.50. The van der Waals surface area contributed by atoms with Crippen molar-refractivity contribution >= 4 is 0 Å². The van der Waals surface area contributed by atoms with Gasteiger partial charge in [-0.15, -0.1) is 0 Å². The quantitative estimate of drug-likeness (QED) is 0.554. The number of hydrogen-bond donors (Lipinski definition) is 2. The summed E-state index contributed by atoms with van der Waals surface area (Å²) in [4.78, 5) is 1.71. The zero-order chi connectivity index (χ0) is 7.40. The molecular formula is C7H11NO2. The van der Waals surface area contributed by atoms with Gasteiger partial charge in [0.25, 0.3) is 0 Å². The maximum absolute atomic E-state index is 8.69. The highest BCUT2D eigenvalue weighted by Gasteiger charge is 2.03. The van der Waals surface area contributed by atoms with Gasteiger partial charge in [-0.1, -0.05) is 6.08 Å². The summed E-state index contributed by atoms with van der Waals surface area (Å²) in [5.74, 6) is 0. The maximum Gasteiger partial charge on any atom is 0.115 e. The van der Waals surface area contributed by atoms with E-state index in [1.54, 1.807) is 11.1 Å². The van der Waals surface area contributed by atoms with E-state index in [0.717, 1.165) is 5.57 Å². The third-order valence-electron chi connectivity index (χ3n) is 1.42. The van der Waals surface area contributed by atoms with Gasteiger partial charge in [0.2, 0.25) is 0 Å². The zero-order valence-corrected chi connectivity index (χ0v) is 5.70. The second-order valence-corrected chi connectivity index (χ2v) is 2.21. The molecule has 0 unspecified atom stereocenters. The SMILES string of the molecule is OCC1=CC=CN(CO)C1. The molecule has 56 valence electrons. The Labute approximate surface area is 59.9 Å². The van der Waals surface area contributed by atoms with E-state index in [2.05, 4.69) is 0 Å². The molecular weight excluding hydrogens is 130 g/mol. The van der Waals surface area contributed by atoms with Gasteiger partial charge in [0.15, 0.2) is 0 Å². The summed E-state index contributed by atoms with van der Waals surface area (Å²) >= 11 is 0. The molecule has 0 fully saturated rings. The minimum absolute atomic E-state index is 0.00778. The van der Waals surface area contributed by atoms with Gasteiger partial charge in [-0.05, 0) is 11.6 Å². The number of nitrogens with zero attached hydrogens (tertiary/aromatic N) is 1. The first kappa shape index (κ1) is 7.31. The Morgan fingerprint density at radius 1 is 1.50 bits per heavy atom. The minimum atomic E-state index is 0.00778. The summed E-state index contributed by atoms with van der Waals surface area (Å²) in [6, 6.07) is 0. The lowest BCUT2D eigenvalue weighted by molar-refractivity contribution is 0.155. The summed E-state index contributed by atoms with van der Waals surface area (Å²) in [6.45, 7) is 0.707. The average Bonchev–Trinajstić information content (AvgIpc) is 2.05. The molecule has 0 atom stereocenters. The third kappa shape index (κ3) is 1.59.